The number of aromatic amines is 1. The van der Waals surface area contributed by atoms with Gasteiger partial charge in [-0.1, -0.05) is 0 Å². The summed E-state index contributed by atoms with van der Waals surface area (Å²) in [6.45, 7) is 0.714. The molecule has 4 nitrogen and oxygen atoms in total. The fourth-order valence-corrected chi connectivity index (χ4v) is 1.53. The summed E-state index contributed by atoms with van der Waals surface area (Å²) < 4.78 is 0. The minimum atomic E-state index is 0.714. The normalized spacial score (nSPS) is 10.2. The third kappa shape index (κ3) is 2.73. The van der Waals surface area contributed by atoms with Gasteiger partial charge in [0.05, 0.1) is 18.6 Å². The van der Waals surface area contributed by atoms with E-state index in [1.165, 1.54) is 4.90 Å². The number of rotatable bonds is 4. The van der Waals surface area contributed by atoms with Gasteiger partial charge in [0.25, 0.3) is 0 Å². The fourth-order valence-electron chi connectivity index (χ4n) is 1.17. The quantitative estimate of drug-likeness (QED) is 0.775. The van der Waals surface area contributed by atoms with E-state index in [9.17, 15) is 0 Å². The molecule has 78 valence electrons. The molecule has 2 aromatic rings. The topological polar surface area (TPSA) is 53.6 Å². The molecule has 0 saturated heterocycles. The maximum absolute atomic E-state index is 4.28. The van der Waals surface area contributed by atoms with Crippen molar-refractivity contribution in [3.05, 3.63) is 36.5 Å². The Hall–Kier alpha value is -1.49. The number of H-pyrrole nitrogens is 1. The predicted molar refractivity (Wildman–Crippen MR) is 61.9 cm³/mol. The Bertz CT molecular complexity index is 396. The molecule has 0 aliphatic heterocycles. The predicted octanol–water partition coefficient (Wildman–Crippen LogP) is 2.14. The van der Waals surface area contributed by atoms with Crippen LogP contribution in [0.5, 0.6) is 0 Å². The third-order valence-corrected chi connectivity index (χ3v) is 2.70. The minimum absolute atomic E-state index is 0.714. The van der Waals surface area contributed by atoms with E-state index >= 15 is 0 Å². The van der Waals surface area contributed by atoms with Crippen LogP contribution in [0.15, 0.2) is 35.7 Å². The average Bonchev–Trinajstić information content (AvgIpc) is 2.80. The van der Waals surface area contributed by atoms with E-state index in [2.05, 4.69) is 20.3 Å². The van der Waals surface area contributed by atoms with Crippen LogP contribution in [0.25, 0.3) is 0 Å². The highest BCUT2D eigenvalue weighted by Gasteiger charge is 1.96. The van der Waals surface area contributed by atoms with Crippen LogP contribution in [0.2, 0.25) is 0 Å². The molecule has 0 fully saturated rings. The number of hydrogen-bond acceptors (Lipinski definition) is 4. The maximum atomic E-state index is 4.28. The van der Waals surface area contributed by atoms with E-state index in [-0.39, 0.29) is 0 Å². The van der Waals surface area contributed by atoms with Gasteiger partial charge in [0.2, 0.25) is 0 Å². The third-order valence-electron chi connectivity index (χ3n) is 1.99. The molecule has 0 saturated carbocycles. The molecular formula is C10H12N4S. The number of anilines is 1. The largest absolute Gasteiger partial charge is 0.364 e. The summed E-state index contributed by atoms with van der Waals surface area (Å²) in [6, 6.07) is 4.02. The van der Waals surface area contributed by atoms with Crippen LogP contribution >= 0.6 is 11.8 Å². The van der Waals surface area contributed by atoms with Crippen molar-refractivity contribution in [2.24, 2.45) is 0 Å². The Balaban J connectivity index is 1.93. The molecule has 2 aromatic heterocycles. The summed E-state index contributed by atoms with van der Waals surface area (Å²) in [5.41, 5.74) is 1.05. The standard InChI is InChI=1S/C10H12N4S/c1-15-9-2-3-10(13-6-9)12-5-8-4-11-7-14-8/h2-4,6-7H,5H2,1H3,(H,11,14)(H,12,13). The van der Waals surface area contributed by atoms with Gasteiger partial charge in [-0.3, -0.25) is 0 Å². The molecule has 0 atom stereocenters. The van der Waals surface area contributed by atoms with E-state index in [0.29, 0.717) is 6.54 Å². The number of aromatic nitrogens is 3. The number of nitrogens with one attached hydrogen (secondary N) is 2. The van der Waals surface area contributed by atoms with Gasteiger partial charge in [0, 0.05) is 17.3 Å². The molecular weight excluding hydrogens is 208 g/mol. The molecule has 2 heterocycles. The number of hydrogen-bond donors (Lipinski definition) is 2. The number of nitrogens with zero attached hydrogens (tertiary/aromatic N) is 2. The molecule has 0 aliphatic rings. The number of thioether (sulfide) groups is 1. The van der Waals surface area contributed by atoms with Crippen molar-refractivity contribution < 1.29 is 0 Å². The van der Waals surface area contributed by atoms with E-state index in [1.807, 2.05) is 24.6 Å². The van der Waals surface area contributed by atoms with Gasteiger partial charge in [-0.2, -0.15) is 0 Å². The van der Waals surface area contributed by atoms with Crippen molar-refractivity contribution >= 4 is 17.6 Å². The first-order valence-corrected chi connectivity index (χ1v) is 5.82. The minimum Gasteiger partial charge on any atom is -0.364 e. The average molecular weight is 220 g/mol. The number of pyridine rings is 1. The van der Waals surface area contributed by atoms with Crippen LogP contribution in [0.3, 0.4) is 0 Å². The van der Waals surface area contributed by atoms with Crippen molar-refractivity contribution in [3.63, 3.8) is 0 Å². The van der Waals surface area contributed by atoms with Crippen molar-refractivity contribution in [2.75, 3.05) is 11.6 Å². The van der Waals surface area contributed by atoms with Crippen LogP contribution in [-0.2, 0) is 6.54 Å². The van der Waals surface area contributed by atoms with Gasteiger partial charge in [-0.15, -0.1) is 11.8 Å². The first kappa shape index (κ1) is 10.0. The van der Waals surface area contributed by atoms with Crippen LogP contribution < -0.4 is 5.32 Å². The van der Waals surface area contributed by atoms with Gasteiger partial charge in [-0.25, -0.2) is 9.97 Å². The van der Waals surface area contributed by atoms with E-state index < -0.39 is 0 Å². The molecule has 0 aliphatic carbocycles. The Morgan fingerprint density at radius 2 is 2.33 bits per heavy atom. The summed E-state index contributed by atoms with van der Waals surface area (Å²) in [5.74, 6) is 0.877. The first-order chi connectivity index (χ1) is 7.38. The van der Waals surface area contributed by atoms with Gasteiger partial charge >= 0.3 is 0 Å². The Morgan fingerprint density at radius 1 is 1.40 bits per heavy atom. The molecule has 0 spiro atoms. The zero-order chi connectivity index (χ0) is 10.5. The molecule has 2 N–H and O–H groups in total. The lowest BCUT2D eigenvalue weighted by atomic mass is 10.4. The Morgan fingerprint density at radius 3 is 2.93 bits per heavy atom. The van der Waals surface area contributed by atoms with E-state index in [0.717, 1.165) is 11.5 Å². The molecule has 0 amide bonds. The zero-order valence-electron chi connectivity index (χ0n) is 8.40. The zero-order valence-corrected chi connectivity index (χ0v) is 9.21. The Kier molecular flexibility index (Phi) is 3.24. The lowest BCUT2D eigenvalue weighted by molar-refractivity contribution is 1.05. The van der Waals surface area contributed by atoms with Gasteiger partial charge in [-0.05, 0) is 18.4 Å². The van der Waals surface area contributed by atoms with Crippen molar-refractivity contribution in [1.29, 1.82) is 0 Å². The highest BCUT2D eigenvalue weighted by molar-refractivity contribution is 7.98. The summed E-state index contributed by atoms with van der Waals surface area (Å²) in [4.78, 5) is 12.4. The molecule has 0 unspecified atom stereocenters. The van der Waals surface area contributed by atoms with Crippen molar-refractivity contribution in [1.82, 2.24) is 15.0 Å². The van der Waals surface area contributed by atoms with Crippen LogP contribution in [0.4, 0.5) is 5.82 Å². The first-order valence-electron chi connectivity index (χ1n) is 4.59. The molecule has 15 heavy (non-hydrogen) atoms. The molecule has 5 heteroatoms. The van der Waals surface area contributed by atoms with Crippen molar-refractivity contribution in [3.8, 4) is 0 Å². The fraction of sp³-hybridized carbons (Fsp3) is 0.200. The Labute approximate surface area is 92.5 Å². The van der Waals surface area contributed by atoms with E-state index in [1.54, 1.807) is 24.3 Å². The van der Waals surface area contributed by atoms with E-state index in [4.69, 9.17) is 0 Å². The van der Waals surface area contributed by atoms with Gasteiger partial charge < -0.3 is 10.3 Å². The molecule has 0 bridgehead atoms. The lowest BCUT2D eigenvalue weighted by Crippen LogP contribution is -2.01. The summed E-state index contributed by atoms with van der Waals surface area (Å²) in [5, 5.41) is 3.21. The molecule has 0 aromatic carbocycles. The lowest BCUT2D eigenvalue weighted by Gasteiger charge is -2.03. The van der Waals surface area contributed by atoms with Crippen molar-refractivity contribution in [2.45, 2.75) is 11.4 Å². The highest BCUT2D eigenvalue weighted by atomic mass is 32.2. The maximum Gasteiger partial charge on any atom is 0.126 e. The second-order valence-corrected chi connectivity index (χ2v) is 3.89. The summed E-state index contributed by atoms with van der Waals surface area (Å²) >= 11 is 1.69. The van der Waals surface area contributed by atoms with Gasteiger partial charge in [0.1, 0.15) is 5.82 Å². The second-order valence-electron chi connectivity index (χ2n) is 3.01. The molecule has 0 radical (unpaired) electrons. The van der Waals surface area contributed by atoms with Gasteiger partial charge in [0.15, 0.2) is 0 Å². The summed E-state index contributed by atoms with van der Waals surface area (Å²) in [6.07, 6.45) is 7.36. The highest BCUT2D eigenvalue weighted by Crippen LogP contribution is 2.14. The van der Waals surface area contributed by atoms with Crippen LogP contribution in [0, 0.1) is 0 Å². The van der Waals surface area contributed by atoms with Crippen LogP contribution in [-0.4, -0.2) is 21.2 Å². The summed E-state index contributed by atoms with van der Waals surface area (Å²) in [7, 11) is 0. The second kappa shape index (κ2) is 4.84. The SMILES string of the molecule is CSc1ccc(NCc2cnc[nH]2)nc1. The monoisotopic (exact) mass is 220 g/mol. The number of imidazole rings is 1. The smallest absolute Gasteiger partial charge is 0.126 e. The van der Waals surface area contributed by atoms with Crippen LogP contribution in [0.1, 0.15) is 5.69 Å². The molecule has 2 rings (SSSR count).